The Hall–Kier alpha value is -1.82. The number of benzene rings is 1. The van der Waals surface area contributed by atoms with Gasteiger partial charge in [0.2, 0.25) is 0 Å². The highest BCUT2D eigenvalue weighted by molar-refractivity contribution is 6.16. The molecule has 0 bridgehead atoms. The highest BCUT2D eigenvalue weighted by atomic mass is 35.5. The zero-order valence-corrected chi connectivity index (χ0v) is 13.0. The molecule has 0 saturated heterocycles. The number of nitrogens with zero attached hydrogens (tertiary/aromatic N) is 3. The fourth-order valence-corrected chi connectivity index (χ4v) is 2.29. The third-order valence-corrected chi connectivity index (χ3v) is 3.48. The van der Waals surface area contributed by atoms with E-state index >= 15 is 0 Å². The predicted molar refractivity (Wildman–Crippen MR) is 81.1 cm³/mol. The average molecular weight is 313 g/mol. The lowest BCUT2D eigenvalue weighted by Crippen LogP contribution is -2.36. The number of alkyl halides is 1. The molecule has 2 amide bonds. The summed E-state index contributed by atoms with van der Waals surface area (Å²) >= 11 is 5.90. The molecule has 1 heterocycles. The summed E-state index contributed by atoms with van der Waals surface area (Å²) < 4.78 is 15.5. The van der Waals surface area contributed by atoms with Crippen molar-refractivity contribution in [2.75, 3.05) is 20.6 Å². The van der Waals surface area contributed by atoms with E-state index in [0.29, 0.717) is 30.0 Å². The van der Waals surface area contributed by atoms with Crippen LogP contribution in [-0.2, 0) is 12.4 Å². The number of urea groups is 1. The summed E-state index contributed by atoms with van der Waals surface area (Å²) in [5.74, 6) is 0.613. The first-order valence-electron chi connectivity index (χ1n) is 6.60. The number of carbonyl (C=O) groups is 1. The first-order valence-corrected chi connectivity index (χ1v) is 7.14. The molecule has 21 heavy (non-hydrogen) atoms. The van der Waals surface area contributed by atoms with Gasteiger partial charge < -0.3 is 14.8 Å². The highest BCUT2D eigenvalue weighted by Gasteiger charge is 2.12. The molecule has 114 valence electrons. The first kappa shape index (κ1) is 15.6. The van der Waals surface area contributed by atoms with Crippen molar-refractivity contribution in [3.8, 4) is 0 Å². The van der Waals surface area contributed by atoms with Gasteiger partial charge in [0, 0.05) is 33.3 Å². The van der Waals surface area contributed by atoms with Crippen molar-refractivity contribution in [2.24, 2.45) is 0 Å². The predicted octanol–water partition coefficient (Wildman–Crippen LogP) is 2.49. The maximum absolute atomic E-state index is 13.6. The number of rotatable bonds is 4. The molecule has 0 unspecified atom stereocenters. The van der Waals surface area contributed by atoms with Crippen LogP contribution < -0.4 is 5.32 Å². The van der Waals surface area contributed by atoms with Gasteiger partial charge in [-0.05, 0) is 18.6 Å². The molecule has 0 aliphatic carbocycles. The quantitative estimate of drug-likeness (QED) is 0.882. The van der Waals surface area contributed by atoms with Crippen molar-refractivity contribution in [1.82, 2.24) is 19.8 Å². The molecule has 2 aromatic rings. The van der Waals surface area contributed by atoms with E-state index in [2.05, 4.69) is 10.3 Å². The number of hydrogen-bond acceptors (Lipinski definition) is 2. The average Bonchev–Trinajstić information content (AvgIpc) is 2.76. The molecule has 0 saturated carbocycles. The number of nitrogens with one attached hydrogen (secondary N) is 1. The summed E-state index contributed by atoms with van der Waals surface area (Å²) in [5, 5.41) is 2.78. The Morgan fingerprint density at radius 2 is 2.19 bits per heavy atom. The van der Waals surface area contributed by atoms with Crippen molar-refractivity contribution in [1.29, 1.82) is 0 Å². The number of hydrogen-bond donors (Lipinski definition) is 1. The van der Waals surface area contributed by atoms with E-state index in [-0.39, 0.29) is 17.7 Å². The smallest absolute Gasteiger partial charge is 0.316 e. The van der Waals surface area contributed by atoms with Crippen LogP contribution in [0.25, 0.3) is 11.0 Å². The van der Waals surface area contributed by atoms with E-state index in [0.717, 1.165) is 5.52 Å². The zero-order chi connectivity index (χ0) is 15.6. The summed E-state index contributed by atoms with van der Waals surface area (Å²) in [4.78, 5) is 17.3. The fourth-order valence-electron chi connectivity index (χ4n) is 2.08. The number of amides is 2. The minimum absolute atomic E-state index is 0.158. The van der Waals surface area contributed by atoms with Crippen LogP contribution in [0.4, 0.5) is 9.18 Å². The van der Waals surface area contributed by atoms with E-state index in [1.807, 2.05) is 4.57 Å². The van der Waals surface area contributed by atoms with E-state index < -0.39 is 0 Å². The zero-order valence-electron chi connectivity index (χ0n) is 12.3. The van der Waals surface area contributed by atoms with Gasteiger partial charge in [-0.15, -0.1) is 11.6 Å². The molecular formula is C14H18ClFN4O. The number of fused-ring (bicyclic) bond motifs is 1. The lowest BCUT2D eigenvalue weighted by atomic mass is 10.2. The van der Waals surface area contributed by atoms with Gasteiger partial charge in [-0.25, -0.2) is 14.2 Å². The van der Waals surface area contributed by atoms with E-state index in [4.69, 9.17) is 11.6 Å². The number of aromatic nitrogens is 2. The minimum atomic E-state index is -0.283. The third-order valence-electron chi connectivity index (χ3n) is 3.25. The van der Waals surface area contributed by atoms with Gasteiger partial charge in [-0.2, -0.15) is 0 Å². The van der Waals surface area contributed by atoms with Crippen LogP contribution in [0.5, 0.6) is 0 Å². The molecule has 7 heteroatoms. The van der Waals surface area contributed by atoms with Crippen LogP contribution in [0, 0.1) is 12.7 Å². The monoisotopic (exact) mass is 312 g/mol. The Kier molecular flexibility index (Phi) is 4.67. The van der Waals surface area contributed by atoms with Crippen LogP contribution in [0.3, 0.4) is 0 Å². The molecule has 0 fully saturated rings. The van der Waals surface area contributed by atoms with Crippen LogP contribution in [0.1, 0.15) is 11.4 Å². The van der Waals surface area contributed by atoms with E-state index in [9.17, 15) is 9.18 Å². The standard InChI is InChI=1S/C14H18ClFN4O/c1-9-6-12-11(7-10(9)16)18-13(8-15)20(12)5-4-17-14(21)19(2)3/h6-7H,4-5,8H2,1-3H3,(H,17,21). The minimum Gasteiger partial charge on any atom is -0.336 e. The molecule has 5 nitrogen and oxygen atoms in total. The number of halogens is 2. The van der Waals surface area contributed by atoms with Gasteiger partial charge in [-0.1, -0.05) is 0 Å². The third kappa shape index (κ3) is 3.26. The Morgan fingerprint density at radius 1 is 1.48 bits per heavy atom. The summed E-state index contributed by atoms with van der Waals surface area (Å²) in [6.07, 6.45) is 0. The molecule has 0 aliphatic heterocycles. The summed E-state index contributed by atoms with van der Waals surface area (Å²) in [6.45, 7) is 2.69. The molecule has 0 radical (unpaired) electrons. The second-order valence-corrected chi connectivity index (χ2v) is 5.30. The van der Waals surface area contributed by atoms with Crippen molar-refractivity contribution in [2.45, 2.75) is 19.3 Å². The summed E-state index contributed by atoms with van der Waals surface area (Å²) in [5.41, 5.74) is 1.96. The number of carbonyl (C=O) groups excluding carboxylic acids is 1. The van der Waals surface area contributed by atoms with Crippen molar-refractivity contribution < 1.29 is 9.18 Å². The molecule has 1 aromatic heterocycles. The normalized spacial score (nSPS) is 10.9. The van der Waals surface area contributed by atoms with Gasteiger partial charge in [0.15, 0.2) is 0 Å². The van der Waals surface area contributed by atoms with E-state index in [1.54, 1.807) is 27.1 Å². The molecule has 1 N–H and O–H groups in total. The van der Waals surface area contributed by atoms with Gasteiger partial charge in [0.25, 0.3) is 0 Å². The molecule has 0 spiro atoms. The summed E-state index contributed by atoms with van der Waals surface area (Å²) in [6, 6.07) is 3.01. The van der Waals surface area contributed by atoms with Crippen LogP contribution in [-0.4, -0.2) is 41.1 Å². The topological polar surface area (TPSA) is 50.2 Å². The molecular weight excluding hydrogens is 295 g/mol. The molecule has 1 aromatic carbocycles. The first-order chi connectivity index (χ1) is 9.93. The highest BCUT2D eigenvalue weighted by Crippen LogP contribution is 2.21. The van der Waals surface area contributed by atoms with Crippen LogP contribution in [0.15, 0.2) is 12.1 Å². The Bertz CT molecular complexity index is 669. The molecule has 2 rings (SSSR count). The molecule has 0 atom stereocenters. The Balaban J connectivity index is 2.25. The van der Waals surface area contributed by atoms with Gasteiger partial charge in [-0.3, -0.25) is 0 Å². The van der Waals surface area contributed by atoms with Crippen molar-refractivity contribution in [3.63, 3.8) is 0 Å². The SMILES string of the molecule is Cc1cc2c(cc1F)nc(CCl)n2CCNC(=O)N(C)C. The Morgan fingerprint density at radius 3 is 2.81 bits per heavy atom. The fraction of sp³-hybridized carbons (Fsp3) is 0.429. The maximum Gasteiger partial charge on any atom is 0.316 e. The second kappa shape index (κ2) is 6.30. The summed E-state index contributed by atoms with van der Waals surface area (Å²) in [7, 11) is 3.36. The van der Waals surface area contributed by atoms with Crippen LogP contribution in [0.2, 0.25) is 0 Å². The van der Waals surface area contributed by atoms with Crippen LogP contribution >= 0.6 is 11.6 Å². The largest absolute Gasteiger partial charge is 0.336 e. The van der Waals surface area contributed by atoms with Gasteiger partial charge in [0.1, 0.15) is 11.6 Å². The Labute approximate surface area is 127 Å². The van der Waals surface area contributed by atoms with Gasteiger partial charge in [0.05, 0.1) is 16.9 Å². The van der Waals surface area contributed by atoms with Crippen molar-refractivity contribution in [3.05, 3.63) is 29.3 Å². The van der Waals surface area contributed by atoms with E-state index in [1.165, 1.54) is 11.0 Å². The second-order valence-electron chi connectivity index (χ2n) is 5.03. The lowest BCUT2D eigenvalue weighted by Gasteiger charge is -2.13. The van der Waals surface area contributed by atoms with Crippen molar-refractivity contribution >= 4 is 28.7 Å². The van der Waals surface area contributed by atoms with Gasteiger partial charge >= 0.3 is 6.03 Å². The lowest BCUT2D eigenvalue weighted by molar-refractivity contribution is 0.217. The molecule has 0 aliphatic rings. The number of imidazole rings is 1. The maximum atomic E-state index is 13.6. The number of aryl methyl sites for hydroxylation is 1.